The van der Waals surface area contributed by atoms with Gasteiger partial charge >= 0.3 is 6.03 Å². The molecular formula is C24H35F2N5O2. The van der Waals surface area contributed by atoms with Crippen molar-refractivity contribution in [2.24, 2.45) is 0 Å². The molecule has 3 amide bonds. The molecule has 0 spiro atoms. The number of nitrogens with zero attached hydrogens (tertiary/aromatic N) is 2. The van der Waals surface area contributed by atoms with Gasteiger partial charge in [0.05, 0.1) is 0 Å². The van der Waals surface area contributed by atoms with Crippen LogP contribution in [-0.4, -0.2) is 74.7 Å². The average molecular weight is 464 g/mol. The van der Waals surface area contributed by atoms with E-state index in [1.54, 1.807) is 18.2 Å². The van der Waals surface area contributed by atoms with E-state index in [2.05, 4.69) is 27.4 Å². The van der Waals surface area contributed by atoms with Crippen LogP contribution in [0.3, 0.4) is 0 Å². The number of hydrogen-bond donors (Lipinski definition) is 3. The molecule has 0 radical (unpaired) electrons. The maximum atomic E-state index is 12.7. The SMILES string of the molecule is C=C(/C=C\C(=C/CF)NC(=O)N(CC)CCNC=O)N1CCNCC1.Cc1cccc(F)c1. The Balaban J connectivity index is 0.000000568. The van der Waals surface area contributed by atoms with Crippen molar-refractivity contribution < 1.29 is 18.4 Å². The van der Waals surface area contributed by atoms with Crippen LogP contribution in [0.5, 0.6) is 0 Å². The molecule has 33 heavy (non-hydrogen) atoms. The van der Waals surface area contributed by atoms with Crippen molar-refractivity contribution in [1.82, 2.24) is 25.8 Å². The van der Waals surface area contributed by atoms with Gasteiger partial charge in [-0.1, -0.05) is 18.7 Å². The summed E-state index contributed by atoms with van der Waals surface area (Å²) in [5.41, 5.74) is 2.17. The molecule has 9 heteroatoms. The molecule has 0 unspecified atom stereocenters. The van der Waals surface area contributed by atoms with E-state index in [4.69, 9.17) is 0 Å². The largest absolute Gasteiger partial charge is 0.369 e. The van der Waals surface area contributed by atoms with Gasteiger partial charge in [0.15, 0.2) is 0 Å². The second-order valence-electron chi connectivity index (χ2n) is 7.26. The number of aryl methyl sites for hydroxylation is 1. The Kier molecular flexibility index (Phi) is 13.9. The van der Waals surface area contributed by atoms with Gasteiger partial charge in [0.2, 0.25) is 6.41 Å². The van der Waals surface area contributed by atoms with Crippen LogP contribution in [-0.2, 0) is 4.79 Å². The quantitative estimate of drug-likeness (QED) is 0.283. The van der Waals surface area contributed by atoms with Crippen molar-refractivity contribution in [3.05, 3.63) is 71.8 Å². The molecule has 1 aliphatic heterocycles. The van der Waals surface area contributed by atoms with Gasteiger partial charge < -0.3 is 25.8 Å². The summed E-state index contributed by atoms with van der Waals surface area (Å²) in [5, 5.41) is 8.46. The molecule has 1 aromatic rings. The van der Waals surface area contributed by atoms with E-state index >= 15 is 0 Å². The fraction of sp³-hybridized carbons (Fsp3) is 0.417. The monoisotopic (exact) mass is 463 g/mol. The van der Waals surface area contributed by atoms with E-state index < -0.39 is 6.67 Å². The Labute approximate surface area is 195 Å². The third-order valence-corrected chi connectivity index (χ3v) is 4.79. The molecule has 1 saturated heterocycles. The molecule has 0 atom stereocenters. The van der Waals surface area contributed by atoms with Crippen LogP contribution in [0, 0.1) is 12.7 Å². The molecule has 182 valence electrons. The summed E-state index contributed by atoms with van der Waals surface area (Å²) in [4.78, 5) is 26.2. The second-order valence-corrected chi connectivity index (χ2v) is 7.26. The number of piperazine rings is 1. The highest BCUT2D eigenvalue weighted by Gasteiger charge is 2.12. The highest BCUT2D eigenvalue weighted by molar-refractivity contribution is 5.76. The number of alkyl halides is 1. The predicted octanol–water partition coefficient (Wildman–Crippen LogP) is 2.73. The Morgan fingerprint density at radius 3 is 2.58 bits per heavy atom. The molecule has 0 saturated carbocycles. The van der Waals surface area contributed by atoms with Crippen LogP contribution in [0.4, 0.5) is 13.6 Å². The van der Waals surface area contributed by atoms with Gasteiger partial charge in [-0.25, -0.2) is 13.6 Å². The lowest BCUT2D eigenvalue weighted by molar-refractivity contribution is -0.109. The first-order chi connectivity index (χ1) is 15.9. The molecule has 0 bridgehead atoms. The summed E-state index contributed by atoms with van der Waals surface area (Å²) in [5.74, 6) is -0.162. The van der Waals surface area contributed by atoms with Gasteiger partial charge in [-0.05, 0) is 49.8 Å². The van der Waals surface area contributed by atoms with Crippen molar-refractivity contribution in [1.29, 1.82) is 0 Å². The Hall–Kier alpha value is -3.20. The molecular weight excluding hydrogens is 428 g/mol. The molecule has 1 aliphatic rings. The van der Waals surface area contributed by atoms with Crippen LogP contribution in [0.15, 0.2) is 60.5 Å². The molecule has 3 N–H and O–H groups in total. The lowest BCUT2D eigenvalue weighted by atomic mass is 10.2. The number of carbonyl (C=O) groups is 2. The minimum absolute atomic E-state index is 0.162. The Bertz CT molecular complexity index is 791. The average Bonchev–Trinajstić information content (AvgIpc) is 2.81. The van der Waals surface area contributed by atoms with Crippen LogP contribution in [0.2, 0.25) is 0 Å². The van der Waals surface area contributed by atoms with E-state index in [0.29, 0.717) is 31.7 Å². The molecule has 1 aromatic carbocycles. The van der Waals surface area contributed by atoms with Crippen molar-refractivity contribution in [2.75, 3.05) is 52.5 Å². The maximum Gasteiger partial charge on any atom is 0.321 e. The van der Waals surface area contributed by atoms with E-state index in [1.807, 2.05) is 19.9 Å². The third-order valence-electron chi connectivity index (χ3n) is 4.79. The molecule has 1 fully saturated rings. The van der Waals surface area contributed by atoms with Crippen LogP contribution in [0.25, 0.3) is 0 Å². The van der Waals surface area contributed by atoms with Crippen LogP contribution < -0.4 is 16.0 Å². The number of amides is 3. The van der Waals surface area contributed by atoms with E-state index in [0.717, 1.165) is 37.4 Å². The Morgan fingerprint density at radius 2 is 2.03 bits per heavy atom. The Morgan fingerprint density at radius 1 is 1.30 bits per heavy atom. The number of likely N-dealkylation sites (N-methyl/N-ethyl adjacent to an activating group) is 1. The first kappa shape index (κ1) is 27.8. The van der Waals surface area contributed by atoms with Crippen molar-refractivity contribution in [3.8, 4) is 0 Å². The number of urea groups is 1. The predicted molar refractivity (Wildman–Crippen MR) is 128 cm³/mol. The van der Waals surface area contributed by atoms with Crippen LogP contribution >= 0.6 is 0 Å². The normalized spacial score (nSPS) is 13.7. The van der Waals surface area contributed by atoms with Gasteiger partial charge in [-0.3, -0.25) is 4.79 Å². The summed E-state index contributed by atoms with van der Waals surface area (Å²) in [7, 11) is 0. The molecule has 0 aliphatic carbocycles. The lowest BCUT2D eigenvalue weighted by Gasteiger charge is -2.29. The number of benzene rings is 1. The summed E-state index contributed by atoms with van der Waals surface area (Å²) in [6, 6.07) is 6.16. The minimum atomic E-state index is -0.682. The zero-order valence-corrected chi connectivity index (χ0v) is 19.4. The van der Waals surface area contributed by atoms with E-state index in [9.17, 15) is 18.4 Å². The first-order valence-corrected chi connectivity index (χ1v) is 10.9. The molecule has 0 aromatic heterocycles. The zero-order chi connectivity index (χ0) is 24.5. The van der Waals surface area contributed by atoms with Gasteiger partial charge in [0.25, 0.3) is 0 Å². The van der Waals surface area contributed by atoms with Gasteiger partial charge in [0, 0.05) is 57.2 Å². The highest BCUT2D eigenvalue weighted by atomic mass is 19.1. The zero-order valence-electron chi connectivity index (χ0n) is 19.4. The number of nitrogens with one attached hydrogen (secondary N) is 3. The van der Waals surface area contributed by atoms with Crippen LogP contribution in [0.1, 0.15) is 12.5 Å². The van der Waals surface area contributed by atoms with Gasteiger partial charge in [0.1, 0.15) is 12.5 Å². The summed E-state index contributed by atoms with van der Waals surface area (Å²) < 4.78 is 24.9. The maximum absolute atomic E-state index is 12.7. The summed E-state index contributed by atoms with van der Waals surface area (Å²) >= 11 is 0. The molecule has 1 heterocycles. The topological polar surface area (TPSA) is 76.7 Å². The minimum Gasteiger partial charge on any atom is -0.369 e. The number of allylic oxidation sites excluding steroid dienone is 3. The van der Waals surface area contributed by atoms with Crippen molar-refractivity contribution in [2.45, 2.75) is 13.8 Å². The van der Waals surface area contributed by atoms with E-state index in [-0.39, 0.29) is 11.8 Å². The summed E-state index contributed by atoms with van der Waals surface area (Å²) in [6.45, 7) is 11.8. The second kappa shape index (κ2) is 16.4. The van der Waals surface area contributed by atoms with Crippen molar-refractivity contribution in [3.63, 3.8) is 0 Å². The fourth-order valence-electron chi connectivity index (χ4n) is 2.96. The smallest absolute Gasteiger partial charge is 0.321 e. The number of hydrogen-bond acceptors (Lipinski definition) is 4. The highest BCUT2D eigenvalue weighted by Crippen LogP contribution is 2.07. The molecule has 2 rings (SSSR count). The fourth-order valence-corrected chi connectivity index (χ4v) is 2.96. The molecule has 7 nitrogen and oxygen atoms in total. The first-order valence-electron chi connectivity index (χ1n) is 10.9. The lowest BCUT2D eigenvalue weighted by Crippen LogP contribution is -2.42. The van der Waals surface area contributed by atoms with Gasteiger partial charge in [-0.15, -0.1) is 0 Å². The van der Waals surface area contributed by atoms with Crippen molar-refractivity contribution >= 4 is 12.4 Å². The number of halogens is 2. The van der Waals surface area contributed by atoms with Gasteiger partial charge in [-0.2, -0.15) is 0 Å². The summed E-state index contributed by atoms with van der Waals surface area (Å²) in [6.07, 6.45) is 5.32. The standard InChI is InChI=1S/C17H28FN5O2.C7H7F/c1-3-22(11-10-20-14-24)17(25)21-16(6-7-18)5-4-15(2)23-12-8-19-9-13-23;1-6-3-2-4-7(8)5-6/h4-6,14,19H,2-3,7-13H2,1H3,(H,20,24)(H,21,25);2-5H,1H3/b5-4-,16-6+;. The third kappa shape index (κ3) is 11.8. The van der Waals surface area contributed by atoms with E-state index in [1.165, 1.54) is 23.1 Å². The number of rotatable bonds is 10. The number of carbonyl (C=O) groups excluding carboxylic acids is 2.